The van der Waals surface area contributed by atoms with E-state index in [1.54, 1.807) is 64.0 Å². The maximum absolute atomic E-state index is 5.54. The summed E-state index contributed by atoms with van der Waals surface area (Å²) in [5.41, 5.74) is 0. The summed E-state index contributed by atoms with van der Waals surface area (Å²) < 4.78 is 49.9. The molecule has 0 N–H and O–H groups in total. The molecule has 13 heteroatoms. The van der Waals surface area contributed by atoms with E-state index in [9.17, 15) is 0 Å². The van der Waals surface area contributed by atoms with Crippen LogP contribution in [0.1, 0.15) is 0 Å². The first-order valence-electron chi connectivity index (χ1n) is 9.02. The summed E-state index contributed by atoms with van der Waals surface area (Å²) in [6.45, 7) is 2.10. The highest BCUT2D eigenvalue weighted by Gasteiger charge is 2.42. The van der Waals surface area contributed by atoms with Gasteiger partial charge in [0.2, 0.25) is 0 Å². The highest BCUT2D eigenvalue weighted by molar-refractivity contribution is 6.61. The molecule has 0 rings (SSSR count). The van der Waals surface area contributed by atoms with Crippen LogP contribution in [0.2, 0.25) is 18.1 Å². The molecule has 0 aromatic rings. The minimum atomic E-state index is -2.69. The molecular weight excluding hydrogens is 422 g/mol. The van der Waals surface area contributed by atoms with Crippen molar-refractivity contribution in [3.8, 4) is 0 Å². The van der Waals surface area contributed by atoms with Gasteiger partial charge in [-0.3, -0.25) is 0 Å². The molecule has 0 unspecified atom stereocenters. The van der Waals surface area contributed by atoms with Crippen LogP contribution in [0.3, 0.4) is 0 Å². The third-order valence-electron chi connectivity index (χ3n) is 5.00. The van der Waals surface area contributed by atoms with Crippen LogP contribution in [0, 0.1) is 0 Å². The van der Waals surface area contributed by atoms with Gasteiger partial charge in [0.05, 0.1) is 0 Å². The Balaban J connectivity index is 5.19. The van der Waals surface area contributed by atoms with E-state index in [-0.39, 0.29) is 0 Å². The SMILES string of the molecule is CO[Si](CCN(CC[Si](OC)(OC)OC)CC[Si](OC)(OC)OC)(OC)OC. The highest BCUT2D eigenvalue weighted by Crippen LogP contribution is 2.19. The van der Waals surface area contributed by atoms with E-state index in [1.807, 2.05) is 0 Å². The second kappa shape index (κ2) is 14.3. The van der Waals surface area contributed by atoms with Gasteiger partial charge in [0.1, 0.15) is 0 Å². The van der Waals surface area contributed by atoms with Gasteiger partial charge in [-0.15, -0.1) is 0 Å². The molecule has 0 aromatic heterocycles. The third kappa shape index (κ3) is 8.17. The Morgan fingerprint density at radius 1 is 0.393 bits per heavy atom. The fourth-order valence-corrected chi connectivity index (χ4v) is 8.00. The lowest BCUT2D eigenvalue weighted by Crippen LogP contribution is -2.50. The van der Waals surface area contributed by atoms with Crippen molar-refractivity contribution in [1.29, 1.82) is 0 Å². The number of rotatable bonds is 18. The van der Waals surface area contributed by atoms with E-state index in [4.69, 9.17) is 39.8 Å². The summed E-state index contributed by atoms with van der Waals surface area (Å²) in [6, 6.07) is 1.92. The van der Waals surface area contributed by atoms with Crippen molar-refractivity contribution in [2.45, 2.75) is 18.1 Å². The van der Waals surface area contributed by atoms with E-state index in [0.29, 0.717) is 37.8 Å². The predicted molar refractivity (Wildman–Crippen MR) is 111 cm³/mol. The fraction of sp³-hybridized carbons (Fsp3) is 1.00. The van der Waals surface area contributed by atoms with Crippen LogP contribution >= 0.6 is 0 Å². The van der Waals surface area contributed by atoms with Gasteiger partial charge in [0, 0.05) is 102 Å². The van der Waals surface area contributed by atoms with Gasteiger partial charge in [-0.2, -0.15) is 0 Å². The molecule has 28 heavy (non-hydrogen) atoms. The summed E-state index contributed by atoms with van der Waals surface area (Å²) >= 11 is 0. The average molecular weight is 462 g/mol. The van der Waals surface area contributed by atoms with Crippen LogP contribution in [-0.4, -0.2) is 115 Å². The van der Waals surface area contributed by atoms with Gasteiger partial charge < -0.3 is 44.7 Å². The Morgan fingerprint density at radius 3 is 0.714 bits per heavy atom. The number of nitrogens with zero attached hydrogens (tertiary/aromatic N) is 1. The summed E-state index contributed by atoms with van der Waals surface area (Å²) in [4.78, 5) is 2.25. The Kier molecular flexibility index (Phi) is 14.4. The molecule has 0 aliphatic heterocycles. The van der Waals surface area contributed by atoms with Gasteiger partial charge in [0.15, 0.2) is 0 Å². The molecule has 0 aliphatic carbocycles. The summed E-state index contributed by atoms with van der Waals surface area (Å²) in [5.74, 6) is 0. The van der Waals surface area contributed by atoms with Gasteiger partial charge >= 0.3 is 26.4 Å². The first-order chi connectivity index (χ1) is 13.3. The fourth-order valence-electron chi connectivity index (χ4n) is 2.89. The largest absolute Gasteiger partial charge is 0.501 e. The minimum absolute atomic E-state index is 0.638. The Hall–Kier alpha value is 0.251. The predicted octanol–water partition coefficient (Wildman–Crippen LogP) is 0.923. The average Bonchev–Trinajstić information content (AvgIpc) is 2.76. The van der Waals surface area contributed by atoms with E-state index >= 15 is 0 Å². The Labute approximate surface area is 173 Å². The first kappa shape index (κ1) is 28.3. The van der Waals surface area contributed by atoms with Crippen LogP contribution in [0.5, 0.6) is 0 Å². The molecule has 0 saturated carbocycles. The third-order valence-corrected chi connectivity index (χ3v) is 13.1. The van der Waals surface area contributed by atoms with Crippen LogP contribution in [0.4, 0.5) is 0 Å². The standard InChI is InChI=1S/C15H39NO9Si3/c1-17-26(18-2,19-3)13-10-16(11-14-27(20-4,21-5)22-6)12-15-28(23-7,24-8)25-9/h10-15H2,1-9H3. The zero-order chi connectivity index (χ0) is 21.7. The summed E-state index contributed by atoms with van der Waals surface area (Å²) in [6.07, 6.45) is 0. The molecule has 0 aliphatic rings. The number of hydrogen-bond acceptors (Lipinski definition) is 10. The van der Waals surface area contributed by atoms with E-state index in [1.165, 1.54) is 0 Å². The smallest absolute Gasteiger partial charge is 0.377 e. The maximum atomic E-state index is 5.54. The molecule has 0 heterocycles. The van der Waals surface area contributed by atoms with Crippen LogP contribution < -0.4 is 0 Å². The molecule has 0 radical (unpaired) electrons. The lowest BCUT2D eigenvalue weighted by atomic mass is 10.5. The van der Waals surface area contributed by atoms with Crippen molar-refractivity contribution < 1.29 is 39.8 Å². The molecule has 170 valence electrons. The molecular formula is C15H39NO9Si3. The normalized spacial score (nSPS) is 13.5. The molecule has 0 saturated heterocycles. The molecule has 0 amide bonds. The second-order valence-electron chi connectivity index (χ2n) is 5.98. The molecule has 0 atom stereocenters. The summed E-state index contributed by atoms with van der Waals surface area (Å²) in [5, 5.41) is 0. The van der Waals surface area contributed by atoms with Crippen LogP contribution in [0.15, 0.2) is 0 Å². The zero-order valence-electron chi connectivity index (χ0n) is 18.9. The zero-order valence-corrected chi connectivity index (χ0v) is 21.9. The lowest BCUT2D eigenvalue weighted by molar-refractivity contribution is 0.107. The van der Waals surface area contributed by atoms with E-state index < -0.39 is 26.4 Å². The monoisotopic (exact) mass is 461 g/mol. The number of hydrogen-bond donors (Lipinski definition) is 0. The van der Waals surface area contributed by atoms with Crippen molar-refractivity contribution in [3.63, 3.8) is 0 Å². The Bertz CT molecular complexity index is 315. The lowest BCUT2D eigenvalue weighted by Gasteiger charge is -2.32. The van der Waals surface area contributed by atoms with Crippen molar-refractivity contribution in [3.05, 3.63) is 0 Å². The first-order valence-corrected chi connectivity index (χ1v) is 14.8. The molecule has 0 spiro atoms. The Morgan fingerprint density at radius 2 is 0.571 bits per heavy atom. The van der Waals surface area contributed by atoms with E-state index in [2.05, 4.69) is 4.90 Å². The topological polar surface area (TPSA) is 86.3 Å². The van der Waals surface area contributed by atoms with Gasteiger partial charge in [0.25, 0.3) is 0 Å². The van der Waals surface area contributed by atoms with Crippen molar-refractivity contribution in [1.82, 2.24) is 4.90 Å². The maximum Gasteiger partial charge on any atom is 0.501 e. The van der Waals surface area contributed by atoms with Crippen LogP contribution in [0.25, 0.3) is 0 Å². The van der Waals surface area contributed by atoms with Crippen molar-refractivity contribution in [2.75, 3.05) is 83.6 Å². The molecule has 0 bridgehead atoms. The van der Waals surface area contributed by atoms with Gasteiger partial charge in [-0.25, -0.2) is 0 Å². The quantitative estimate of drug-likeness (QED) is 0.275. The van der Waals surface area contributed by atoms with Crippen molar-refractivity contribution >= 4 is 26.4 Å². The molecule has 0 fully saturated rings. The van der Waals surface area contributed by atoms with Gasteiger partial charge in [-0.05, 0) is 0 Å². The second-order valence-corrected chi connectivity index (χ2v) is 15.3. The molecule has 0 aromatic carbocycles. The molecule has 10 nitrogen and oxygen atoms in total. The van der Waals surface area contributed by atoms with Crippen molar-refractivity contribution in [2.24, 2.45) is 0 Å². The van der Waals surface area contributed by atoms with Gasteiger partial charge in [-0.1, -0.05) is 0 Å². The van der Waals surface area contributed by atoms with Crippen LogP contribution in [-0.2, 0) is 39.8 Å². The van der Waals surface area contributed by atoms with E-state index in [0.717, 1.165) is 0 Å². The minimum Gasteiger partial charge on any atom is -0.377 e. The highest BCUT2D eigenvalue weighted by atomic mass is 28.4. The summed E-state index contributed by atoms with van der Waals surface area (Å²) in [7, 11) is 6.45.